The van der Waals surface area contributed by atoms with Crippen LogP contribution in [0.1, 0.15) is 21.6 Å². The maximum absolute atomic E-state index is 13.0. The van der Waals surface area contributed by atoms with Crippen LogP contribution in [0.5, 0.6) is 0 Å². The van der Waals surface area contributed by atoms with Crippen molar-refractivity contribution in [1.82, 2.24) is 9.88 Å². The second-order valence-corrected chi connectivity index (χ2v) is 5.88. The fraction of sp³-hybridized carbons (Fsp3) is 0.222. The van der Waals surface area contributed by atoms with Crippen molar-refractivity contribution in [3.8, 4) is 0 Å². The topological polar surface area (TPSA) is 72.4 Å². The molecule has 0 aliphatic carbocycles. The molecule has 0 aliphatic heterocycles. The predicted octanol–water partition coefficient (Wildman–Crippen LogP) is 2.88. The van der Waals surface area contributed by atoms with E-state index in [9.17, 15) is 9.18 Å². The molecule has 2 N–H and O–H groups in total. The monoisotopic (exact) mass is 327 g/mol. The summed E-state index contributed by atoms with van der Waals surface area (Å²) in [4.78, 5) is 19.0. The third-order valence-corrected chi connectivity index (χ3v) is 3.81. The van der Waals surface area contributed by atoms with Gasteiger partial charge in [-0.05, 0) is 56.9 Å². The lowest BCUT2D eigenvalue weighted by Gasteiger charge is -2.08. The van der Waals surface area contributed by atoms with Crippen molar-refractivity contribution in [2.75, 3.05) is 26.4 Å². The van der Waals surface area contributed by atoms with Crippen LogP contribution in [-0.2, 0) is 6.42 Å². The molecule has 1 aromatic carbocycles. The summed E-state index contributed by atoms with van der Waals surface area (Å²) in [6.07, 6.45) is 0.674. The number of anilines is 1. The maximum atomic E-state index is 13.0. The lowest BCUT2D eigenvalue weighted by atomic mass is 10.1. The molecule has 2 heterocycles. The Kier molecular flexibility index (Phi) is 4.31. The highest BCUT2D eigenvalue weighted by Gasteiger charge is 2.17. The van der Waals surface area contributed by atoms with Crippen molar-refractivity contribution in [3.05, 3.63) is 59.0 Å². The van der Waals surface area contributed by atoms with Gasteiger partial charge in [0.1, 0.15) is 17.0 Å². The number of carbonyl (C=O) groups is 1. The van der Waals surface area contributed by atoms with E-state index in [2.05, 4.69) is 4.98 Å². The first-order valence-electron chi connectivity index (χ1n) is 7.58. The molecule has 5 nitrogen and oxygen atoms in total. The minimum atomic E-state index is -0.386. The minimum Gasteiger partial charge on any atom is -0.439 e. The molecule has 24 heavy (non-hydrogen) atoms. The number of likely N-dealkylation sites (N-methyl/N-ethyl adjacent to an activating group) is 1. The van der Waals surface area contributed by atoms with Gasteiger partial charge in [-0.3, -0.25) is 4.79 Å². The zero-order chi connectivity index (χ0) is 17.3. The zero-order valence-electron chi connectivity index (χ0n) is 13.5. The molecule has 0 aliphatic rings. The third kappa shape index (κ3) is 3.14. The third-order valence-electron chi connectivity index (χ3n) is 3.81. The van der Waals surface area contributed by atoms with Gasteiger partial charge in [-0.15, -0.1) is 0 Å². The Balaban J connectivity index is 1.99. The summed E-state index contributed by atoms with van der Waals surface area (Å²) < 4.78 is 18.5. The Bertz CT molecular complexity index is 885. The van der Waals surface area contributed by atoms with Gasteiger partial charge in [0.2, 0.25) is 5.78 Å². The number of carbonyl (C=O) groups excluding carboxylic acids is 1. The number of rotatable bonds is 5. The smallest absolute Gasteiger partial charge is 0.211 e. The normalized spacial score (nSPS) is 11.3. The number of benzene rings is 1. The summed E-state index contributed by atoms with van der Waals surface area (Å²) in [6.45, 7) is 0.788. The molecule has 0 radical (unpaired) electrons. The number of halogens is 1. The first kappa shape index (κ1) is 16.1. The highest BCUT2D eigenvalue weighted by atomic mass is 19.1. The van der Waals surface area contributed by atoms with Crippen molar-refractivity contribution < 1.29 is 13.6 Å². The highest BCUT2D eigenvalue weighted by molar-refractivity contribution is 6.08. The van der Waals surface area contributed by atoms with Crippen LogP contribution in [0.15, 0.2) is 40.8 Å². The van der Waals surface area contributed by atoms with Crippen molar-refractivity contribution in [3.63, 3.8) is 0 Å². The van der Waals surface area contributed by atoms with E-state index < -0.39 is 0 Å². The van der Waals surface area contributed by atoms with Gasteiger partial charge in [0, 0.05) is 17.7 Å². The molecule has 0 amide bonds. The van der Waals surface area contributed by atoms with Crippen LogP contribution >= 0.6 is 0 Å². The number of pyridine rings is 1. The molecular formula is C18H18FN3O2. The Morgan fingerprint density at radius 3 is 2.58 bits per heavy atom. The molecule has 2 aromatic heterocycles. The Hall–Kier alpha value is -2.73. The van der Waals surface area contributed by atoms with Gasteiger partial charge in [0.25, 0.3) is 0 Å². The standard InChI is InChI=1S/C18H18FN3O2/c1-22(2)10-9-13-16-15(24-18(13)20)8-7-14(21-16)17(23)11-3-5-12(19)6-4-11/h3-8H,9-10,20H2,1-2H3. The van der Waals surface area contributed by atoms with E-state index in [1.54, 1.807) is 12.1 Å². The molecule has 0 saturated carbocycles. The van der Waals surface area contributed by atoms with E-state index in [-0.39, 0.29) is 17.3 Å². The molecule has 0 unspecified atom stereocenters. The summed E-state index contributed by atoms with van der Waals surface area (Å²) >= 11 is 0. The average Bonchev–Trinajstić information content (AvgIpc) is 2.87. The number of nitrogens with zero attached hydrogens (tertiary/aromatic N) is 2. The first-order valence-corrected chi connectivity index (χ1v) is 7.58. The number of nitrogens with two attached hydrogens (primary N) is 1. The molecule has 0 saturated heterocycles. The van der Waals surface area contributed by atoms with Crippen molar-refractivity contribution in [2.45, 2.75) is 6.42 Å². The highest BCUT2D eigenvalue weighted by Crippen LogP contribution is 2.27. The van der Waals surface area contributed by atoms with Gasteiger partial charge >= 0.3 is 0 Å². The number of nitrogen functional groups attached to an aromatic ring is 1. The van der Waals surface area contributed by atoms with E-state index in [1.165, 1.54) is 24.3 Å². The quantitative estimate of drug-likeness (QED) is 0.730. The summed E-state index contributed by atoms with van der Waals surface area (Å²) in [5.41, 5.74) is 8.55. The van der Waals surface area contributed by atoms with Gasteiger partial charge in [-0.25, -0.2) is 9.37 Å². The number of furan rings is 1. The van der Waals surface area contributed by atoms with Crippen LogP contribution in [-0.4, -0.2) is 36.3 Å². The Morgan fingerprint density at radius 1 is 1.21 bits per heavy atom. The van der Waals surface area contributed by atoms with E-state index in [4.69, 9.17) is 10.2 Å². The number of hydrogen-bond donors (Lipinski definition) is 1. The van der Waals surface area contributed by atoms with E-state index in [0.717, 1.165) is 12.1 Å². The molecule has 0 fully saturated rings. The second kappa shape index (κ2) is 6.41. The van der Waals surface area contributed by atoms with Gasteiger partial charge in [-0.2, -0.15) is 0 Å². The zero-order valence-corrected chi connectivity index (χ0v) is 13.5. The van der Waals surface area contributed by atoms with Crippen LogP contribution in [0.25, 0.3) is 11.1 Å². The predicted molar refractivity (Wildman–Crippen MR) is 90.5 cm³/mol. The minimum absolute atomic E-state index is 0.268. The molecule has 0 spiro atoms. The molecule has 3 aromatic rings. The van der Waals surface area contributed by atoms with E-state index >= 15 is 0 Å². The van der Waals surface area contributed by atoms with Crippen LogP contribution in [0.4, 0.5) is 10.3 Å². The van der Waals surface area contributed by atoms with Crippen LogP contribution in [0.2, 0.25) is 0 Å². The van der Waals surface area contributed by atoms with E-state index in [0.29, 0.717) is 29.0 Å². The van der Waals surface area contributed by atoms with Crippen molar-refractivity contribution in [2.24, 2.45) is 0 Å². The van der Waals surface area contributed by atoms with Gasteiger partial charge < -0.3 is 15.1 Å². The molecule has 3 rings (SSSR count). The van der Waals surface area contributed by atoms with Crippen molar-refractivity contribution >= 4 is 22.8 Å². The second-order valence-electron chi connectivity index (χ2n) is 5.88. The lowest BCUT2D eigenvalue weighted by molar-refractivity contribution is 0.103. The summed E-state index contributed by atoms with van der Waals surface area (Å²) in [6, 6.07) is 8.68. The van der Waals surface area contributed by atoms with Gasteiger partial charge in [-0.1, -0.05) is 0 Å². The molecular weight excluding hydrogens is 309 g/mol. The summed E-state index contributed by atoms with van der Waals surface area (Å²) in [5, 5.41) is 0. The fourth-order valence-corrected chi connectivity index (χ4v) is 2.49. The maximum Gasteiger partial charge on any atom is 0.211 e. The average molecular weight is 327 g/mol. The Morgan fingerprint density at radius 2 is 1.92 bits per heavy atom. The van der Waals surface area contributed by atoms with Crippen LogP contribution < -0.4 is 5.73 Å². The molecule has 6 heteroatoms. The number of hydrogen-bond acceptors (Lipinski definition) is 5. The van der Waals surface area contributed by atoms with Crippen molar-refractivity contribution in [1.29, 1.82) is 0 Å². The summed E-state index contributed by atoms with van der Waals surface area (Å²) in [7, 11) is 3.94. The first-order chi connectivity index (χ1) is 11.5. The van der Waals surface area contributed by atoms with Crippen LogP contribution in [0, 0.1) is 5.82 Å². The summed E-state index contributed by atoms with van der Waals surface area (Å²) in [5.74, 6) is -0.329. The van der Waals surface area contributed by atoms with E-state index in [1.807, 2.05) is 19.0 Å². The molecule has 124 valence electrons. The number of aromatic nitrogens is 1. The van der Waals surface area contributed by atoms with Gasteiger partial charge in [0.05, 0.1) is 0 Å². The largest absolute Gasteiger partial charge is 0.439 e. The Labute approximate surface area is 138 Å². The lowest BCUT2D eigenvalue weighted by Crippen LogP contribution is -2.15. The number of fused-ring (bicyclic) bond motifs is 1. The number of ketones is 1. The van der Waals surface area contributed by atoms with Crippen LogP contribution in [0.3, 0.4) is 0 Å². The molecule has 0 bridgehead atoms. The SMILES string of the molecule is CN(C)CCc1c(N)oc2ccc(C(=O)c3ccc(F)cc3)nc12. The van der Waals surface area contributed by atoms with Gasteiger partial charge in [0.15, 0.2) is 11.5 Å². The fourth-order valence-electron chi connectivity index (χ4n) is 2.49. The molecule has 0 atom stereocenters.